The minimum absolute atomic E-state index is 0.0822. The lowest BCUT2D eigenvalue weighted by atomic mass is 9.98. The van der Waals surface area contributed by atoms with Crippen LogP contribution in [-0.4, -0.2) is 35.6 Å². The molecule has 1 aliphatic heterocycles. The van der Waals surface area contributed by atoms with E-state index in [4.69, 9.17) is 5.11 Å². The molecule has 86 valence electrons. The molecule has 0 radical (unpaired) electrons. The number of aliphatic hydroxyl groups is 1. The zero-order valence-electron chi connectivity index (χ0n) is 9.30. The number of amides is 1. The number of piperidine rings is 1. The fourth-order valence-corrected chi connectivity index (χ4v) is 2.16. The molecule has 3 nitrogen and oxygen atoms in total. The smallest absolute Gasteiger partial charge is 0.253 e. The van der Waals surface area contributed by atoms with Gasteiger partial charge in [0, 0.05) is 25.3 Å². The number of hydrogen-bond donors (Lipinski definition) is 1. The standard InChI is InChI=1S/C13H17NO2/c15-10-11-5-4-8-14(9-11)13(16)12-6-2-1-3-7-12/h1-3,6-7,11,15H,4-5,8-10H2/t11-/m0/s1. The molecule has 1 saturated heterocycles. The normalized spacial score (nSPS) is 20.8. The number of likely N-dealkylation sites (tertiary alicyclic amines) is 1. The van der Waals surface area contributed by atoms with E-state index in [-0.39, 0.29) is 18.4 Å². The summed E-state index contributed by atoms with van der Waals surface area (Å²) in [6.45, 7) is 1.67. The average Bonchev–Trinajstić information content (AvgIpc) is 2.39. The summed E-state index contributed by atoms with van der Waals surface area (Å²) in [4.78, 5) is 14.0. The van der Waals surface area contributed by atoms with E-state index in [9.17, 15) is 4.79 Å². The topological polar surface area (TPSA) is 40.5 Å². The second-order valence-electron chi connectivity index (χ2n) is 4.31. The van der Waals surface area contributed by atoms with Gasteiger partial charge < -0.3 is 10.0 Å². The maximum absolute atomic E-state index is 12.1. The molecule has 1 amide bonds. The molecule has 0 bridgehead atoms. The highest BCUT2D eigenvalue weighted by Crippen LogP contribution is 2.17. The van der Waals surface area contributed by atoms with Crippen molar-refractivity contribution in [1.82, 2.24) is 4.90 Å². The van der Waals surface area contributed by atoms with Crippen LogP contribution in [0, 0.1) is 5.92 Å². The number of rotatable bonds is 2. The Hall–Kier alpha value is -1.35. The third kappa shape index (κ3) is 2.42. The van der Waals surface area contributed by atoms with Crippen molar-refractivity contribution in [2.45, 2.75) is 12.8 Å². The summed E-state index contributed by atoms with van der Waals surface area (Å²) in [6, 6.07) is 9.33. The summed E-state index contributed by atoms with van der Waals surface area (Å²) in [5, 5.41) is 9.12. The minimum atomic E-state index is 0.0822. The van der Waals surface area contributed by atoms with Gasteiger partial charge in [0.1, 0.15) is 0 Å². The summed E-state index contributed by atoms with van der Waals surface area (Å²) in [5.41, 5.74) is 0.737. The molecule has 1 atom stereocenters. The van der Waals surface area contributed by atoms with Crippen molar-refractivity contribution in [2.75, 3.05) is 19.7 Å². The van der Waals surface area contributed by atoms with Crippen molar-refractivity contribution in [3.63, 3.8) is 0 Å². The van der Waals surface area contributed by atoms with Gasteiger partial charge in [-0.1, -0.05) is 18.2 Å². The predicted octanol–water partition coefficient (Wildman–Crippen LogP) is 1.53. The molecule has 16 heavy (non-hydrogen) atoms. The Balaban J connectivity index is 2.05. The Morgan fingerprint density at radius 1 is 1.38 bits per heavy atom. The maximum Gasteiger partial charge on any atom is 0.253 e. The molecule has 0 saturated carbocycles. The lowest BCUT2D eigenvalue weighted by molar-refractivity contribution is 0.0620. The lowest BCUT2D eigenvalue weighted by Gasteiger charge is -2.31. The van der Waals surface area contributed by atoms with Gasteiger partial charge in [-0.3, -0.25) is 4.79 Å². The van der Waals surface area contributed by atoms with E-state index in [1.54, 1.807) is 0 Å². The number of carbonyl (C=O) groups excluding carboxylic acids is 1. The molecule has 0 unspecified atom stereocenters. The van der Waals surface area contributed by atoms with Crippen LogP contribution in [0.4, 0.5) is 0 Å². The van der Waals surface area contributed by atoms with Crippen LogP contribution in [0.5, 0.6) is 0 Å². The van der Waals surface area contributed by atoms with Gasteiger partial charge in [-0.25, -0.2) is 0 Å². The number of aliphatic hydroxyl groups excluding tert-OH is 1. The van der Waals surface area contributed by atoms with Crippen LogP contribution in [0.1, 0.15) is 23.2 Å². The highest BCUT2D eigenvalue weighted by atomic mass is 16.3. The molecule has 2 rings (SSSR count). The monoisotopic (exact) mass is 219 g/mol. The molecule has 0 spiro atoms. The number of hydrogen-bond acceptors (Lipinski definition) is 2. The Morgan fingerprint density at radius 3 is 2.81 bits per heavy atom. The molecule has 0 aromatic heterocycles. The Morgan fingerprint density at radius 2 is 2.12 bits per heavy atom. The Kier molecular flexibility index (Phi) is 3.57. The Labute approximate surface area is 95.7 Å². The fraction of sp³-hybridized carbons (Fsp3) is 0.462. The maximum atomic E-state index is 12.1. The average molecular weight is 219 g/mol. The van der Waals surface area contributed by atoms with Crippen molar-refractivity contribution in [3.05, 3.63) is 35.9 Å². The minimum Gasteiger partial charge on any atom is -0.396 e. The molecule has 3 heteroatoms. The molecular weight excluding hydrogens is 202 g/mol. The second kappa shape index (κ2) is 5.12. The molecule has 1 heterocycles. The fourth-order valence-electron chi connectivity index (χ4n) is 2.16. The molecule has 1 N–H and O–H groups in total. The number of nitrogens with zero attached hydrogens (tertiary/aromatic N) is 1. The second-order valence-corrected chi connectivity index (χ2v) is 4.31. The summed E-state index contributed by atoms with van der Waals surface area (Å²) in [5.74, 6) is 0.333. The van der Waals surface area contributed by atoms with E-state index >= 15 is 0 Å². The molecule has 0 aliphatic carbocycles. The summed E-state index contributed by atoms with van der Waals surface area (Å²) < 4.78 is 0. The zero-order chi connectivity index (χ0) is 11.4. The van der Waals surface area contributed by atoms with Crippen molar-refractivity contribution in [1.29, 1.82) is 0 Å². The van der Waals surface area contributed by atoms with E-state index in [1.807, 2.05) is 35.2 Å². The van der Waals surface area contributed by atoms with Gasteiger partial charge >= 0.3 is 0 Å². The molecule has 1 aromatic rings. The summed E-state index contributed by atoms with van der Waals surface area (Å²) >= 11 is 0. The first-order chi connectivity index (χ1) is 7.81. The molecule has 1 aliphatic rings. The highest BCUT2D eigenvalue weighted by Gasteiger charge is 2.23. The van der Waals surface area contributed by atoms with Gasteiger partial charge in [0.05, 0.1) is 0 Å². The molecular formula is C13H17NO2. The van der Waals surface area contributed by atoms with Crippen LogP contribution < -0.4 is 0 Å². The van der Waals surface area contributed by atoms with E-state index < -0.39 is 0 Å². The first-order valence-corrected chi connectivity index (χ1v) is 5.76. The number of benzene rings is 1. The van der Waals surface area contributed by atoms with Gasteiger partial charge in [-0.15, -0.1) is 0 Å². The zero-order valence-corrected chi connectivity index (χ0v) is 9.30. The van der Waals surface area contributed by atoms with Crippen molar-refractivity contribution >= 4 is 5.91 Å². The van der Waals surface area contributed by atoms with Crippen LogP contribution in [0.2, 0.25) is 0 Å². The van der Waals surface area contributed by atoms with Crippen LogP contribution >= 0.6 is 0 Å². The van der Waals surface area contributed by atoms with Crippen molar-refractivity contribution in [3.8, 4) is 0 Å². The van der Waals surface area contributed by atoms with Gasteiger partial charge in [-0.2, -0.15) is 0 Å². The van der Waals surface area contributed by atoms with Gasteiger partial charge in [0.25, 0.3) is 5.91 Å². The van der Waals surface area contributed by atoms with E-state index in [0.717, 1.165) is 24.9 Å². The highest BCUT2D eigenvalue weighted by molar-refractivity contribution is 5.94. The quantitative estimate of drug-likeness (QED) is 0.819. The molecule has 1 aromatic carbocycles. The van der Waals surface area contributed by atoms with Crippen LogP contribution in [0.3, 0.4) is 0 Å². The Bertz CT molecular complexity index is 350. The lowest BCUT2D eigenvalue weighted by Crippen LogP contribution is -2.40. The summed E-state index contributed by atoms with van der Waals surface area (Å²) in [6.07, 6.45) is 2.01. The first kappa shape index (κ1) is 11.1. The largest absolute Gasteiger partial charge is 0.396 e. The van der Waals surface area contributed by atoms with Gasteiger partial charge in [0.2, 0.25) is 0 Å². The summed E-state index contributed by atoms with van der Waals surface area (Å²) in [7, 11) is 0. The SMILES string of the molecule is O=C(c1ccccc1)N1CCC[C@H](CO)C1. The third-order valence-electron chi connectivity index (χ3n) is 3.09. The first-order valence-electron chi connectivity index (χ1n) is 5.76. The van der Waals surface area contributed by atoms with E-state index in [1.165, 1.54) is 0 Å². The van der Waals surface area contributed by atoms with Crippen LogP contribution in [0.25, 0.3) is 0 Å². The third-order valence-corrected chi connectivity index (χ3v) is 3.09. The van der Waals surface area contributed by atoms with Gasteiger partial charge in [0.15, 0.2) is 0 Å². The van der Waals surface area contributed by atoms with Crippen molar-refractivity contribution in [2.24, 2.45) is 5.92 Å². The van der Waals surface area contributed by atoms with Gasteiger partial charge in [-0.05, 0) is 30.9 Å². The van der Waals surface area contributed by atoms with Crippen molar-refractivity contribution < 1.29 is 9.90 Å². The molecule has 1 fully saturated rings. The van der Waals surface area contributed by atoms with Crippen LogP contribution in [0.15, 0.2) is 30.3 Å². The van der Waals surface area contributed by atoms with E-state index in [2.05, 4.69) is 0 Å². The number of carbonyl (C=O) groups is 1. The van der Waals surface area contributed by atoms with E-state index in [0.29, 0.717) is 6.54 Å². The predicted molar refractivity (Wildman–Crippen MR) is 62.2 cm³/mol. The van der Waals surface area contributed by atoms with Crippen LogP contribution in [-0.2, 0) is 0 Å².